The van der Waals surface area contributed by atoms with Crippen LogP contribution in [0.25, 0.3) is 0 Å². The molecule has 0 radical (unpaired) electrons. The molecule has 6 rings (SSSR count). The Hall–Kier alpha value is -5.86. The highest BCUT2D eigenvalue weighted by molar-refractivity contribution is 8.01. The molecule has 19 heteroatoms. The zero-order chi connectivity index (χ0) is 50.7. The topological polar surface area (TPSA) is 208 Å². The van der Waals surface area contributed by atoms with Crippen molar-refractivity contribution in [3.05, 3.63) is 107 Å². The number of thioether (sulfide) groups is 2. The van der Waals surface area contributed by atoms with Gasteiger partial charge in [0.25, 0.3) is 5.91 Å². The van der Waals surface area contributed by atoms with Crippen molar-refractivity contribution in [3.63, 3.8) is 0 Å². The smallest absolute Gasteiger partial charge is 0.338 e. The number of amides is 3. The van der Waals surface area contributed by atoms with E-state index >= 15 is 0 Å². The van der Waals surface area contributed by atoms with Crippen LogP contribution < -0.4 is 24.8 Å². The molecular weight excluding hydrogens is 943 g/mol. The third-order valence-corrected chi connectivity index (χ3v) is 14.5. The van der Waals surface area contributed by atoms with E-state index in [1.165, 1.54) is 39.4 Å². The number of rotatable bonds is 19. The Morgan fingerprint density at radius 1 is 0.638 bits per heavy atom. The van der Waals surface area contributed by atoms with Gasteiger partial charge in [-0.15, -0.1) is 23.5 Å². The lowest BCUT2D eigenvalue weighted by molar-refractivity contribution is -0.136. The number of aliphatic carboxylic acids is 1. The van der Waals surface area contributed by atoms with Crippen molar-refractivity contribution in [1.82, 2.24) is 5.48 Å². The van der Waals surface area contributed by atoms with Crippen LogP contribution in [0.2, 0.25) is 19.6 Å². The number of hydrogen-bond donors (Lipinski definition) is 3. The highest BCUT2D eigenvalue weighted by atomic mass is 32.2. The fraction of sp³-hybridized carbons (Fsp3) is 0.400. The van der Waals surface area contributed by atoms with Crippen molar-refractivity contribution in [2.75, 3.05) is 57.4 Å². The van der Waals surface area contributed by atoms with Gasteiger partial charge in [-0.05, 0) is 144 Å². The van der Waals surface area contributed by atoms with Crippen molar-refractivity contribution in [2.45, 2.75) is 92.3 Å². The number of esters is 2. The minimum absolute atomic E-state index is 0.233. The second-order valence-electron chi connectivity index (χ2n) is 16.6. The zero-order valence-corrected chi connectivity index (χ0v) is 43.0. The van der Waals surface area contributed by atoms with Gasteiger partial charge >= 0.3 is 17.9 Å². The van der Waals surface area contributed by atoms with Crippen LogP contribution in [0.4, 0.5) is 11.4 Å². The van der Waals surface area contributed by atoms with Gasteiger partial charge in [0, 0.05) is 16.9 Å². The molecule has 3 amide bonds. The Labute approximate surface area is 413 Å². The Balaban J connectivity index is 0.000000269. The fourth-order valence-electron chi connectivity index (χ4n) is 6.90. The van der Waals surface area contributed by atoms with E-state index in [0.717, 1.165) is 58.1 Å². The maximum atomic E-state index is 13.2. The number of methoxy groups -OCH3 is 2. The van der Waals surface area contributed by atoms with E-state index in [2.05, 4.69) is 19.6 Å². The third-order valence-electron chi connectivity index (χ3n) is 10.7. The highest BCUT2D eigenvalue weighted by Gasteiger charge is 2.36. The number of anilines is 2. The largest absolute Gasteiger partial charge is 0.497 e. The number of hydroxylamine groups is 1. The number of carboxylic acid groups (broad SMARTS) is 1. The maximum absolute atomic E-state index is 13.2. The van der Waals surface area contributed by atoms with Crippen molar-refractivity contribution >= 4 is 78.8 Å². The standard InChI is InChI=1S/C23H26N2O6S.C23H25NO6S.C4H12OSi/c1-3-31-23(28)16-9-12-19-18(13-16)25(14-21(26)24-29)22(27)20(32-19)6-4-5-15-7-10-17(30-2)11-8-15;1-3-30-23(28)16-9-12-19-18(13-16)24(14-21(25)26)22(27)20(31-19)6-4-5-15-7-10-17(29-2)11-8-15;1-5-6(2,3)4/h7-13,20,29H,3-6,14H2,1-2H3,(H,24,26);7-13,20H,3-6,14H2,1-2H3,(H,25,26);1-4H3/t2*20-;/m00./s1. The summed E-state index contributed by atoms with van der Waals surface area (Å²) in [6.07, 6.45) is 4.41. The van der Waals surface area contributed by atoms with Gasteiger partial charge in [-0.25, -0.2) is 15.1 Å². The molecule has 69 heavy (non-hydrogen) atoms. The minimum atomic E-state index is -1.13. The molecule has 0 aliphatic carbocycles. The number of benzene rings is 4. The average Bonchev–Trinajstić information content (AvgIpc) is 3.34. The van der Waals surface area contributed by atoms with Crippen LogP contribution in [0.1, 0.15) is 71.4 Å². The van der Waals surface area contributed by atoms with E-state index in [1.54, 1.807) is 71.0 Å². The van der Waals surface area contributed by atoms with E-state index < -0.39 is 38.7 Å². The van der Waals surface area contributed by atoms with Gasteiger partial charge in [0.15, 0.2) is 8.32 Å². The molecule has 2 heterocycles. The summed E-state index contributed by atoms with van der Waals surface area (Å²) in [4.78, 5) is 77.8. The molecular formula is C50H63N3O13S2Si. The molecule has 0 saturated heterocycles. The lowest BCUT2D eigenvalue weighted by atomic mass is 10.1. The Bertz CT molecular complexity index is 2380. The molecule has 0 spiro atoms. The first-order valence-corrected chi connectivity index (χ1v) is 27.7. The van der Waals surface area contributed by atoms with Crippen molar-refractivity contribution in [1.29, 1.82) is 0 Å². The van der Waals surface area contributed by atoms with Crippen molar-refractivity contribution in [2.24, 2.45) is 0 Å². The zero-order valence-electron chi connectivity index (χ0n) is 40.4. The van der Waals surface area contributed by atoms with Crippen molar-refractivity contribution in [3.8, 4) is 11.5 Å². The summed E-state index contributed by atoms with van der Waals surface area (Å²) >= 11 is 2.84. The van der Waals surface area contributed by atoms with E-state index in [9.17, 15) is 33.9 Å². The van der Waals surface area contributed by atoms with Crippen LogP contribution in [0.3, 0.4) is 0 Å². The molecule has 0 bridgehead atoms. The molecule has 2 atom stereocenters. The van der Waals surface area contributed by atoms with Gasteiger partial charge < -0.3 is 33.4 Å². The molecule has 2 aliphatic heterocycles. The maximum Gasteiger partial charge on any atom is 0.338 e. The van der Waals surface area contributed by atoms with Gasteiger partial charge in [0.2, 0.25) is 11.8 Å². The molecule has 0 fully saturated rings. The number of ether oxygens (including phenoxy) is 4. The molecule has 2 aliphatic rings. The predicted octanol–water partition coefficient (Wildman–Crippen LogP) is 8.46. The van der Waals surface area contributed by atoms with Crippen LogP contribution in [-0.2, 0) is 45.9 Å². The molecule has 0 unspecified atom stereocenters. The Kier molecular flexibility index (Phi) is 22.1. The first-order chi connectivity index (χ1) is 32.9. The molecule has 372 valence electrons. The number of aryl methyl sites for hydroxylation is 2. The number of carbonyl (C=O) groups is 6. The lowest BCUT2D eigenvalue weighted by Gasteiger charge is -2.33. The summed E-state index contributed by atoms with van der Waals surface area (Å²) in [5.74, 6) is -1.72. The fourth-order valence-corrected chi connectivity index (χ4v) is 9.42. The van der Waals surface area contributed by atoms with E-state index in [1.807, 2.05) is 48.5 Å². The normalized spacial score (nSPS) is 15.0. The first kappa shape index (κ1) is 55.7. The minimum Gasteiger partial charge on any atom is -0.497 e. The highest BCUT2D eigenvalue weighted by Crippen LogP contribution is 2.43. The second kappa shape index (κ2) is 27.4. The Morgan fingerprint density at radius 2 is 1.03 bits per heavy atom. The van der Waals surface area contributed by atoms with Crippen molar-refractivity contribution < 1.29 is 62.5 Å². The number of nitrogens with one attached hydrogen (secondary N) is 1. The van der Waals surface area contributed by atoms with Gasteiger partial charge in [0.1, 0.15) is 24.6 Å². The quantitative estimate of drug-likeness (QED) is 0.0349. The molecule has 0 aromatic heterocycles. The van der Waals surface area contributed by atoms with E-state index in [4.69, 9.17) is 28.6 Å². The van der Waals surface area contributed by atoms with Gasteiger partial charge in [-0.3, -0.25) is 29.3 Å². The Morgan fingerprint density at radius 3 is 1.36 bits per heavy atom. The molecule has 16 nitrogen and oxygen atoms in total. The summed E-state index contributed by atoms with van der Waals surface area (Å²) in [5, 5.41) is 17.5. The lowest BCUT2D eigenvalue weighted by Crippen LogP contribution is -2.46. The molecule has 0 saturated carbocycles. The van der Waals surface area contributed by atoms with Gasteiger partial charge in [0.05, 0.1) is 60.4 Å². The summed E-state index contributed by atoms with van der Waals surface area (Å²) < 4.78 is 25.5. The van der Waals surface area contributed by atoms with Crippen LogP contribution in [0.5, 0.6) is 11.5 Å². The monoisotopic (exact) mass is 1010 g/mol. The number of fused-ring (bicyclic) bond motifs is 2. The summed E-state index contributed by atoms with van der Waals surface area (Å²) in [6, 6.07) is 25.5. The number of hydrogen-bond acceptors (Lipinski definition) is 14. The number of nitrogens with zero attached hydrogens (tertiary/aromatic N) is 2. The SMILES string of the molecule is CCOC(=O)c1ccc2c(c1)N(CC(=O)NO)C(=O)[C@H](CCCc1ccc(OC)cc1)S2.CCOC(=O)c1ccc2c(c1)N(CC(=O)O)C(=O)[C@H](CCCc1ccc(OC)cc1)S2.CO[Si](C)(C)C. The molecule has 4 aromatic carbocycles. The predicted molar refractivity (Wildman–Crippen MR) is 269 cm³/mol. The summed E-state index contributed by atoms with van der Waals surface area (Å²) in [5.41, 5.74) is 5.36. The van der Waals surface area contributed by atoms with E-state index in [-0.39, 0.29) is 42.1 Å². The van der Waals surface area contributed by atoms with Gasteiger partial charge in [-0.1, -0.05) is 24.3 Å². The van der Waals surface area contributed by atoms with Crippen LogP contribution >= 0.6 is 23.5 Å². The third kappa shape index (κ3) is 17.0. The van der Waals surface area contributed by atoms with Crippen LogP contribution in [-0.4, -0.2) is 112 Å². The van der Waals surface area contributed by atoms with E-state index in [0.29, 0.717) is 35.3 Å². The molecule has 4 aromatic rings. The van der Waals surface area contributed by atoms with Crippen LogP contribution in [0.15, 0.2) is 94.7 Å². The molecule has 3 N–H and O–H groups in total. The number of carboxylic acids is 1. The average molecular weight is 1010 g/mol. The first-order valence-electron chi connectivity index (χ1n) is 22.5. The summed E-state index contributed by atoms with van der Waals surface area (Å²) in [6.45, 7) is 9.58. The van der Waals surface area contributed by atoms with Gasteiger partial charge in [-0.2, -0.15) is 0 Å². The van der Waals surface area contributed by atoms with Crippen LogP contribution in [0, 0.1) is 0 Å². The second-order valence-corrected chi connectivity index (χ2v) is 23.7. The summed E-state index contributed by atoms with van der Waals surface area (Å²) in [7, 11) is 3.88. The number of carbonyl (C=O) groups excluding carboxylic acids is 5.